The van der Waals surface area contributed by atoms with E-state index in [9.17, 15) is 10.2 Å². The minimum Gasteiger partial charge on any atom is -0.507 e. The number of aryl methyl sites for hydroxylation is 2. The number of ether oxygens (including phenoxy) is 2. The Balaban J connectivity index is 1.05. The van der Waals surface area contributed by atoms with Gasteiger partial charge in [0.2, 0.25) is 0 Å². The van der Waals surface area contributed by atoms with Crippen LogP contribution in [-0.2, 0) is 32.5 Å². The van der Waals surface area contributed by atoms with Crippen molar-refractivity contribution in [3.63, 3.8) is 0 Å². The fourth-order valence-corrected chi connectivity index (χ4v) is 15.6. The summed E-state index contributed by atoms with van der Waals surface area (Å²) in [7, 11) is 0. The molecule has 0 unspecified atom stereocenters. The molecule has 1 aliphatic rings. The summed E-state index contributed by atoms with van der Waals surface area (Å²) in [6.07, 6.45) is 2.33. The Hall–Kier alpha value is -6.66. The molecule has 2 N–H and O–H groups in total. The lowest BCUT2D eigenvalue weighted by Gasteiger charge is -2.34. The Labute approximate surface area is 568 Å². The number of phenolic OH excluding ortho intramolecular Hbond substituents is 2. The van der Waals surface area contributed by atoms with Crippen LogP contribution in [0.25, 0.3) is 60.9 Å². The second-order valence-electron chi connectivity index (χ2n) is 35.2. The Morgan fingerprint density at radius 1 is 0.376 bits per heavy atom. The van der Waals surface area contributed by atoms with E-state index < -0.39 is 0 Å². The smallest absolute Gasteiger partial charge is 0.147 e. The van der Waals surface area contributed by atoms with Crippen molar-refractivity contribution >= 4 is 45.0 Å². The molecule has 0 saturated heterocycles. The molecular formula is C86H105Cl2NO4. The number of nitrogens with zero attached hydrogens (tertiary/aromatic N) is 1. The van der Waals surface area contributed by atoms with Crippen LogP contribution in [0.2, 0.25) is 10.0 Å². The molecule has 0 amide bonds. The number of aromatic nitrogens is 1. The summed E-state index contributed by atoms with van der Waals surface area (Å²) in [6, 6.07) is 44.2. The predicted octanol–water partition coefficient (Wildman–Crippen LogP) is 25.1. The third-order valence-corrected chi connectivity index (χ3v) is 19.8. The van der Waals surface area contributed by atoms with E-state index in [0.29, 0.717) is 63.6 Å². The van der Waals surface area contributed by atoms with E-state index in [1.54, 1.807) is 0 Å². The van der Waals surface area contributed by atoms with Crippen LogP contribution in [0.5, 0.6) is 23.0 Å². The Bertz CT molecular complexity index is 4240. The SMILES string of the molecule is Cc1cc(Cl)cc(-c2cc(C(C)(C)CC(C)(C)C)cc(C3c4ccc(C(C)(C)C)cc4-c4cc(C(C)(C)C)ccc43)c2O)c1OCCCOc1c(C)cc(Cl)cc1-c1cc(C(C)(C)CC(C)(C)C)cc(-n2c3ccc(C(C)(C)C)cc3c3cc(C(C)(C)C)ccc32)c1O. The molecule has 9 aromatic rings. The average Bonchev–Trinajstić information content (AvgIpc) is 1.61. The lowest BCUT2D eigenvalue weighted by molar-refractivity contribution is 0.247. The van der Waals surface area contributed by atoms with Crippen LogP contribution < -0.4 is 9.47 Å². The van der Waals surface area contributed by atoms with Gasteiger partial charge in [-0.2, -0.15) is 0 Å². The number of hydrogen-bond donors (Lipinski definition) is 2. The van der Waals surface area contributed by atoms with Crippen molar-refractivity contribution in [2.75, 3.05) is 13.2 Å². The zero-order chi connectivity index (χ0) is 68.4. The largest absolute Gasteiger partial charge is 0.507 e. The number of aromatic hydroxyl groups is 2. The summed E-state index contributed by atoms with van der Waals surface area (Å²) in [5.74, 6) is 1.44. The van der Waals surface area contributed by atoms with Gasteiger partial charge in [-0.15, -0.1) is 0 Å². The van der Waals surface area contributed by atoms with E-state index in [1.165, 1.54) is 44.5 Å². The lowest BCUT2D eigenvalue weighted by Crippen LogP contribution is -2.25. The molecule has 0 spiro atoms. The van der Waals surface area contributed by atoms with Crippen LogP contribution in [0.1, 0.15) is 239 Å². The summed E-state index contributed by atoms with van der Waals surface area (Å²) in [4.78, 5) is 0. The van der Waals surface area contributed by atoms with E-state index in [-0.39, 0.29) is 60.7 Å². The first-order valence-corrected chi connectivity index (χ1v) is 34.6. The van der Waals surface area contributed by atoms with Gasteiger partial charge in [0.25, 0.3) is 0 Å². The molecule has 93 heavy (non-hydrogen) atoms. The van der Waals surface area contributed by atoms with Gasteiger partial charge in [-0.3, -0.25) is 0 Å². The zero-order valence-corrected chi connectivity index (χ0v) is 62.1. The van der Waals surface area contributed by atoms with Gasteiger partial charge in [0.15, 0.2) is 0 Å². The summed E-state index contributed by atoms with van der Waals surface area (Å²) in [6.45, 7) is 55.0. The van der Waals surface area contributed by atoms with Gasteiger partial charge < -0.3 is 24.3 Å². The van der Waals surface area contributed by atoms with Crippen LogP contribution in [0, 0.1) is 24.7 Å². The van der Waals surface area contributed by atoms with E-state index in [0.717, 1.165) is 68.0 Å². The van der Waals surface area contributed by atoms with Crippen LogP contribution in [0.3, 0.4) is 0 Å². The second kappa shape index (κ2) is 24.2. The van der Waals surface area contributed by atoms with Crippen molar-refractivity contribution < 1.29 is 19.7 Å². The van der Waals surface area contributed by atoms with E-state index in [1.807, 2.05) is 38.1 Å². The fourth-order valence-electron chi connectivity index (χ4n) is 15.1. The standard InChI is InChI=1S/C86H105Cl2NO4/c1-50-36-58(87)46-68(66-42-56(85(21,22)48-79(3,4)5)44-70(75(66)90)74-60-30-26-52(81(9,10)11)38-62(60)63-39-53(82(12,13)14)27-31-61(63)74)77(50)92-34-25-35-93-78-51(2)37-59(88)47-69(78)67-43-57(86(23,24)49-80(6,7)8)45-73(76(67)91)89-71-32-28-54(83(15,16)17)40-64(71)65-41-55(84(18,19)20)29-33-72(65)89/h26-33,36-47,74,90-91H,25,34-35,48-49H2,1-24H3. The lowest BCUT2D eigenvalue weighted by atomic mass is 9.70. The first-order chi connectivity index (χ1) is 42.8. The number of benzene rings is 8. The molecule has 0 atom stereocenters. The third-order valence-electron chi connectivity index (χ3n) is 19.4. The summed E-state index contributed by atoms with van der Waals surface area (Å²) < 4.78 is 16.2. The van der Waals surface area contributed by atoms with E-state index in [4.69, 9.17) is 32.7 Å². The quantitative estimate of drug-likeness (QED) is 0.107. The third kappa shape index (κ3) is 14.1. The number of rotatable bonds is 14. The summed E-state index contributed by atoms with van der Waals surface area (Å²) in [5, 5.41) is 29.9. The molecule has 0 saturated carbocycles. The van der Waals surface area contributed by atoms with Crippen molar-refractivity contribution in [1.29, 1.82) is 0 Å². The predicted molar refractivity (Wildman–Crippen MR) is 398 cm³/mol. The van der Waals surface area contributed by atoms with Gasteiger partial charge in [0.05, 0.1) is 29.9 Å². The first-order valence-electron chi connectivity index (χ1n) is 33.8. The van der Waals surface area contributed by atoms with Crippen molar-refractivity contribution in [3.05, 3.63) is 193 Å². The molecule has 0 fully saturated rings. The monoisotopic (exact) mass is 1290 g/mol. The van der Waals surface area contributed by atoms with Crippen LogP contribution in [0.15, 0.2) is 121 Å². The van der Waals surface area contributed by atoms with Gasteiger partial charge in [-0.05, 0) is 204 Å². The van der Waals surface area contributed by atoms with Gasteiger partial charge in [0, 0.05) is 61.0 Å². The maximum Gasteiger partial charge on any atom is 0.147 e. The van der Waals surface area contributed by atoms with Crippen LogP contribution in [-0.4, -0.2) is 28.0 Å². The second-order valence-corrected chi connectivity index (χ2v) is 36.1. The van der Waals surface area contributed by atoms with Crippen LogP contribution in [0.4, 0.5) is 0 Å². The first kappa shape index (κ1) is 69.2. The van der Waals surface area contributed by atoms with Gasteiger partial charge in [-0.25, -0.2) is 0 Å². The minimum atomic E-state index is -0.305. The Morgan fingerprint density at radius 3 is 1.12 bits per heavy atom. The molecule has 0 radical (unpaired) electrons. The van der Waals surface area contributed by atoms with E-state index >= 15 is 0 Å². The van der Waals surface area contributed by atoms with Crippen molar-refractivity contribution in [1.82, 2.24) is 4.57 Å². The molecule has 0 aliphatic heterocycles. The molecule has 5 nitrogen and oxygen atoms in total. The molecule has 1 aliphatic carbocycles. The highest BCUT2D eigenvalue weighted by molar-refractivity contribution is 6.31. The Kier molecular flexibility index (Phi) is 18.0. The van der Waals surface area contributed by atoms with Crippen LogP contribution >= 0.6 is 23.2 Å². The topological polar surface area (TPSA) is 63.8 Å². The number of halogens is 2. The molecule has 492 valence electrons. The van der Waals surface area contributed by atoms with Gasteiger partial charge in [0.1, 0.15) is 23.0 Å². The minimum absolute atomic E-state index is 0.00920. The molecule has 0 bridgehead atoms. The summed E-state index contributed by atoms with van der Waals surface area (Å²) >= 11 is 14.2. The molecule has 8 aromatic carbocycles. The highest BCUT2D eigenvalue weighted by Crippen LogP contribution is 2.56. The maximum atomic E-state index is 13.3. The van der Waals surface area contributed by atoms with Crippen molar-refractivity contribution in [2.24, 2.45) is 10.8 Å². The number of phenols is 2. The highest BCUT2D eigenvalue weighted by Gasteiger charge is 2.38. The molecule has 1 aromatic heterocycles. The Morgan fingerprint density at radius 2 is 0.731 bits per heavy atom. The highest BCUT2D eigenvalue weighted by atomic mass is 35.5. The summed E-state index contributed by atoms with van der Waals surface area (Å²) in [5.41, 5.74) is 19.4. The number of hydrogen-bond acceptors (Lipinski definition) is 4. The molecule has 1 heterocycles. The molecule has 10 rings (SSSR count). The van der Waals surface area contributed by atoms with Gasteiger partial charge in [-0.1, -0.05) is 230 Å². The van der Waals surface area contributed by atoms with Gasteiger partial charge >= 0.3 is 0 Å². The van der Waals surface area contributed by atoms with Crippen molar-refractivity contribution in [3.8, 4) is 62.1 Å². The molecule has 7 heteroatoms. The van der Waals surface area contributed by atoms with E-state index in [2.05, 4.69) is 254 Å². The number of fused-ring (bicyclic) bond motifs is 6. The zero-order valence-electron chi connectivity index (χ0n) is 60.6. The van der Waals surface area contributed by atoms with Crippen molar-refractivity contribution in [2.45, 2.75) is 224 Å². The normalized spacial score (nSPS) is 13.7. The fraction of sp³-hybridized carbons (Fsp3) is 0.442. The molecular weight excluding hydrogens is 1180 g/mol. The maximum absolute atomic E-state index is 13.3. The average molecular weight is 1290 g/mol.